The van der Waals surface area contributed by atoms with Gasteiger partial charge in [-0.1, -0.05) is 11.6 Å². The number of ether oxygens (including phenoxy) is 1. The van der Waals surface area contributed by atoms with Crippen LogP contribution in [-0.2, 0) is 0 Å². The predicted molar refractivity (Wildman–Crippen MR) is 85.0 cm³/mol. The minimum absolute atomic E-state index is 0.150. The lowest BCUT2D eigenvalue weighted by atomic mass is 10.2. The Kier molecular flexibility index (Phi) is 4.40. The van der Waals surface area contributed by atoms with E-state index in [-0.39, 0.29) is 5.02 Å². The van der Waals surface area contributed by atoms with E-state index in [4.69, 9.17) is 11.6 Å². The molecule has 0 amide bonds. The quantitative estimate of drug-likeness (QED) is 0.812. The van der Waals surface area contributed by atoms with Crippen molar-refractivity contribution >= 4 is 29.1 Å². The maximum Gasteiger partial charge on any atom is 0.573 e. The van der Waals surface area contributed by atoms with Crippen LogP contribution in [0, 0.1) is 0 Å². The molecule has 3 rings (SSSR count). The Labute approximate surface area is 141 Å². The molecule has 1 aliphatic carbocycles. The van der Waals surface area contributed by atoms with E-state index in [9.17, 15) is 13.2 Å². The molecule has 0 spiro atoms. The van der Waals surface area contributed by atoms with Gasteiger partial charge in [-0.3, -0.25) is 0 Å². The molecule has 1 saturated carbocycles. The third kappa shape index (κ3) is 4.19. The first-order valence-corrected chi connectivity index (χ1v) is 7.61. The van der Waals surface area contributed by atoms with E-state index in [1.54, 1.807) is 7.05 Å². The van der Waals surface area contributed by atoms with E-state index in [0.717, 1.165) is 24.6 Å². The molecule has 2 aromatic rings. The maximum atomic E-state index is 12.3. The van der Waals surface area contributed by atoms with Gasteiger partial charge in [0, 0.05) is 24.7 Å². The van der Waals surface area contributed by atoms with Gasteiger partial charge in [-0.05, 0) is 31.0 Å². The number of rotatable bonds is 5. The van der Waals surface area contributed by atoms with Gasteiger partial charge < -0.3 is 15.4 Å². The van der Waals surface area contributed by atoms with Crippen molar-refractivity contribution in [2.75, 3.05) is 17.7 Å². The maximum absolute atomic E-state index is 12.3. The zero-order valence-electron chi connectivity index (χ0n) is 12.6. The molecule has 1 aliphatic rings. The van der Waals surface area contributed by atoms with Crippen molar-refractivity contribution in [1.82, 2.24) is 9.97 Å². The Morgan fingerprint density at radius 2 is 1.96 bits per heavy atom. The highest BCUT2D eigenvalue weighted by atomic mass is 35.5. The summed E-state index contributed by atoms with van der Waals surface area (Å²) in [6.45, 7) is 0. The molecule has 9 heteroatoms. The average molecular weight is 359 g/mol. The van der Waals surface area contributed by atoms with Crippen molar-refractivity contribution < 1.29 is 17.9 Å². The second-order valence-electron chi connectivity index (χ2n) is 5.34. The SMILES string of the molecule is CNc1nc(Nc2ccc(OC(F)(F)F)c(Cl)c2)cc(C2CC2)n1. The van der Waals surface area contributed by atoms with Crippen LogP contribution in [0.15, 0.2) is 24.3 Å². The smallest absolute Gasteiger partial charge is 0.404 e. The van der Waals surface area contributed by atoms with Gasteiger partial charge in [0.05, 0.1) is 10.7 Å². The molecule has 0 saturated heterocycles. The van der Waals surface area contributed by atoms with Crippen LogP contribution in [0.5, 0.6) is 5.75 Å². The summed E-state index contributed by atoms with van der Waals surface area (Å²) in [6.07, 6.45) is -2.60. The molecule has 0 unspecified atom stereocenters. The first kappa shape index (κ1) is 16.6. The van der Waals surface area contributed by atoms with Crippen molar-refractivity contribution in [3.8, 4) is 5.75 Å². The van der Waals surface area contributed by atoms with Gasteiger partial charge in [0.1, 0.15) is 11.6 Å². The predicted octanol–water partition coefficient (Wildman–Crippen LogP) is 4.69. The minimum atomic E-state index is -4.79. The van der Waals surface area contributed by atoms with Crippen molar-refractivity contribution in [3.05, 3.63) is 35.0 Å². The van der Waals surface area contributed by atoms with Crippen LogP contribution < -0.4 is 15.4 Å². The third-order valence-electron chi connectivity index (χ3n) is 3.40. The van der Waals surface area contributed by atoms with E-state index >= 15 is 0 Å². The molecule has 5 nitrogen and oxygen atoms in total. The molecule has 24 heavy (non-hydrogen) atoms. The Morgan fingerprint density at radius 3 is 2.54 bits per heavy atom. The number of halogens is 4. The van der Waals surface area contributed by atoms with Crippen molar-refractivity contribution in [2.24, 2.45) is 0 Å². The highest BCUT2D eigenvalue weighted by molar-refractivity contribution is 6.32. The standard InChI is InChI=1S/C15H14ClF3N4O/c1-20-14-22-11(8-2-3-8)7-13(23-14)21-9-4-5-12(10(16)6-9)24-15(17,18)19/h4-8H,2-3H2,1H3,(H2,20,21,22,23). The molecule has 2 N–H and O–H groups in total. The molecular formula is C15H14ClF3N4O. The Morgan fingerprint density at radius 1 is 1.21 bits per heavy atom. The number of nitrogens with zero attached hydrogens (tertiary/aromatic N) is 2. The molecule has 1 aromatic heterocycles. The Balaban J connectivity index is 1.81. The normalized spacial score (nSPS) is 14.4. The van der Waals surface area contributed by atoms with Crippen LogP contribution >= 0.6 is 11.6 Å². The van der Waals surface area contributed by atoms with Crippen LogP contribution in [-0.4, -0.2) is 23.4 Å². The van der Waals surface area contributed by atoms with E-state index in [1.165, 1.54) is 12.1 Å². The fraction of sp³-hybridized carbons (Fsp3) is 0.333. The Hall–Kier alpha value is -2.22. The van der Waals surface area contributed by atoms with Gasteiger partial charge in [0.2, 0.25) is 5.95 Å². The summed E-state index contributed by atoms with van der Waals surface area (Å²) < 4.78 is 40.6. The van der Waals surface area contributed by atoms with Crippen LogP contribution in [0.3, 0.4) is 0 Å². The molecule has 1 aromatic carbocycles. The van der Waals surface area contributed by atoms with Crippen LogP contribution in [0.2, 0.25) is 5.02 Å². The monoisotopic (exact) mass is 358 g/mol. The topological polar surface area (TPSA) is 59.1 Å². The lowest BCUT2D eigenvalue weighted by Crippen LogP contribution is -2.17. The van der Waals surface area contributed by atoms with Gasteiger partial charge in [-0.15, -0.1) is 13.2 Å². The first-order chi connectivity index (χ1) is 11.3. The number of anilines is 3. The fourth-order valence-corrected chi connectivity index (χ4v) is 2.38. The van der Waals surface area contributed by atoms with E-state index in [1.807, 2.05) is 6.07 Å². The van der Waals surface area contributed by atoms with Crippen molar-refractivity contribution in [1.29, 1.82) is 0 Å². The van der Waals surface area contributed by atoms with Crippen LogP contribution in [0.4, 0.5) is 30.6 Å². The number of alkyl halides is 3. The summed E-state index contributed by atoms with van der Waals surface area (Å²) in [5.41, 5.74) is 1.43. The second-order valence-corrected chi connectivity index (χ2v) is 5.75. The second kappa shape index (κ2) is 6.35. The summed E-state index contributed by atoms with van der Waals surface area (Å²) in [5.74, 6) is 1.00. The van der Waals surface area contributed by atoms with Crippen molar-refractivity contribution in [3.63, 3.8) is 0 Å². The lowest BCUT2D eigenvalue weighted by Gasteiger charge is -2.13. The fourth-order valence-electron chi connectivity index (χ4n) is 2.16. The van der Waals surface area contributed by atoms with E-state index in [0.29, 0.717) is 23.4 Å². The summed E-state index contributed by atoms with van der Waals surface area (Å²) in [5, 5.41) is 5.76. The highest BCUT2D eigenvalue weighted by Gasteiger charge is 2.32. The van der Waals surface area contributed by atoms with Gasteiger partial charge in [-0.2, -0.15) is 4.98 Å². The number of hydrogen-bond acceptors (Lipinski definition) is 5. The van der Waals surface area contributed by atoms with Crippen LogP contribution in [0.1, 0.15) is 24.5 Å². The highest BCUT2D eigenvalue weighted by Crippen LogP contribution is 2.40. The zero-order valence-corrected chi connectivity index (χ0v) is 13.4. The number of benzene rings is 1. The number of nitrogens with one attached hydrogen (secondary N) is 2. The summed E-state index contributed by atoms with van der Waals surface area (Å²) >= 11 is 5.84. The van der Waals surface area contributed by atoms with Crippen LogP contribution in [0.25, 0.3) is 0 Å². The summed E-state index contributed by atoms with van der Waals surface area (Å²) in [6, 6.07) is 5.76. The van der Waals surface area contributed by atoms with Gasteiger partial charge in [0.15, 0.2) is 0 Å². The molecule has 0 radical (unpaired) electrons. The van der Waals surface area contributed by atoms with Crippen molar-refractivity contribution in [2.45, 2.75) is 25.1 Å². The summed E-state index contributed by atoms with van der Waals surface area (Å²) in [7, 11) is 1.72. The summed E-state index contributed by atoms with van der Waals surface area (Å²) in [4.78, 5) is 8.68. The molecule has 1 heterocycles. The average Bonchev–Trinajstić information content (AvgIpc) is 3.33. The Bertz CT molecular complexity index is 750. The number of aromatic nitrogens is 2. The van der Waals surface area contributed by atoms with E-state index in [2.05, 4.69) is 25.3 Å². The molecule has 0 aliphatic heterocycles. The van der Waals surface area contributed by atoms with Gasteiger partial charge >= 0.3 is 6.36 Å². The number of hydrogen-bond donors (Lipinski definition) is 2. The van der Waals surface area contributed by atoms with E-state index < -0.39 is 12.1 Å². The van der Waals surface area contributed by atoms with Gasteiger partial charge in [0.25, 0.3) is 0 Å². The minimum Gasteiger partial charge on any atom is -0.404 e. The molecule has 0 bridgehead atoms. The molecule has 0 atom stereocenters. The molecule has 1 fully saturated rings. The molecule has 128 valence electrons. The zero-order chi connectivity index (χ0) is 17.3. The first-order valence-electron chi connectivity index (χ1n) is 7.23. The largest absolute Gasteiger partial charge is 0.573 e. The third-order valence-corrected chi connectivity index (χ3v) is 3.69. The molecular weight excluding hydrogens is 345 g/mol. The van der Waals surface area contributed by atoms with Gasteiger partial charge in [-0.25, -0.2) is 4.98 Å². The lowest BCUT2D eigenvalue weighted by molar-refractivity contribution is -0.274.